The Kier molecular flexibility index (Phi) is 6.16. The average Bonchev–Trinajstić information content (AvgIpc) is 3.51. The van der Waals surface area contributed by atoms with Crippen LogP contribution in [0.3, 0.4) is 0 Å². The van der Waals surface area contributed by atoms with Gasteiger partial charge in [0.1, 0.15) is 5.76 Å². The number of nitrogens with one attached hydrogen (secondary N) is 2. The Bertz CT molecular complexity index is 1150. The van der Waals surface area contributed by atoms with Gasteiger partial charge in [-0.1, -0.05) is 35.5 Å². The molecule has 4 fully saturated rings. The van der Waals surface area contributed by atoms with E-state index in [2.05, 4.69) is 27.9 Å². The fraction of sp³-hybridized carbons (Fsp3) is 0.600. The quantitative estimate of drug-likeness (QED) is 0.604. The third-order valence-electron chi connectivity index (χ3n) is 7.92. The van der Waals surface area contributed by atoms with Gasteiger partial charge in [-0.25, -0.2) is 0 Å². The number of fused-ring (bicyclic) bond motifs is 2. The summed E-state index contributed by atoms with van der Waals surface area (Å²) in [6, 6.07) is 11.5. The van der Waals surface area contributed by atoms with Crippen molar-refractivity contribution in [2.24, 2.45) is 0 Å². The highest BCUT2D eigenvalue weighted by Gasteiger charge is 2.50. The van der Waals surface area contributed by atoms with Gasteiger partial charge in [0.05, 0.1) is 0 Å². The molecule has 1 saturated carbocycles. The van der Waals surface area contributed by atoms with Gasteiger partial charge in [-0.3, -0.25) is 4.79 Å². The SMILES string of the molecule is O=C(N[C@H]1C[C@H]2CC[C@@H](C1)N2S(=O)(=O)N1CCNCC1Cc1ccccc1)c1cc(C2CC2)on1. The summed E-state index contributed by atoms with van der Waals surface area (Å²) in [7, 11) is -3.61. The molecule has 9 nitrogen and oxygen atoms in total. The van der Waals surface area contributed by atoms with Crippen LogP contribution < -0.4 is 10.6 Å². The van der Waals surface area contributed by atoms with Crippen molar-refractivity contribution < 1.29 is 17.7 Å². The molecule has 0 spiro atoms. The molecule has 2 aromatic rings. The maximum atomic E-state index is 13.9. The molecule has 1 aliphatic carbocycles. The van der Waals surface area contributed by atoms with Crippen LogP contribution in [0.5, 0.6) is 0 Å². The first-order valence-corrected chi connectivity index (χ1v) is 14.2. The van der Waals surface area contributed by atoms with E-state index in [1.54, 1.807) is 14.7 Å². The monoisotopic (exact) mass is 499 g/mol. The van der Waals surface area contributed by atoms with Crippen molar-refractivity contribution in [2.75, 3.05) is 19.6 Å². The van der Waals surface area contributed by atoms with E-state index in [9.17, 15) is 13.2 Å². The van der Waals surface area contributed by atoms with Gasteiger partial charge in [-0.2, -0.15) is 17.0 Å². The maximum Gasteiger partial charge on any atom is 0.282 e. The lowest BCUT2D eigenvalue weighted by molar-refractivity contribution is 0.0896. The van der Waals surface area contributed by atoms with E-state index in [-0.39, 0.29) is 30.1 Å². The molecular formula is C25H33N5O4S. The predicted molar refractivity (Wildman–Crippen MR) is 130 cm³/mol. The number of piperazine rings is 1. The standard InChI is InChI=1S/C25H33N5O4S/c31-25(23-15-24(34-28-23)18-6-7-18)27-19-13-20-8-9-21(14-19)30(20)35(32,33)29-11-10-26-16-22(29)12-17-4-2-1-3-5-17/h1-5,15,18-22,26H,6-14,16H2,(H,27,31)/t19-,20+,21-,22?. The molecule has 0 radical (unpaired) electrons. The normalized spacial score (nSPS) is 29.8. The summed E-state index contributed by atoms with van der Waals surface area (Å²) >= 11 is 0. The lowest BCUT2D eigenvalue weighted by Crippen LogP contribution is -2.61. The Labute approximate surface area is 206 Å². The summed E-state index contributed by atoms with van der Waals surface area (Å²) in [5.74, 6) is 0.965. The molecule has 6 rings (SSSR count). The van der Waals surface area contributed by atoms with Gasteiger partial charge < -0.3 is 15.2 Å². The molecule has 188 valence electrons. The van der Waals surface area contributed by atoms with Crippen molar-refractivity contribution in [1.29, 1.82) is 0 Å². The molecule has 2 bridgehead atoms. The van der Waals surface area contributed by atoms with Gasteiger partial charge in [0.25, 0.3) is 16.1 Å². The summed E-state index contributed by atoms with van der Waals surface area (Å²) in [4.78, 5) is 12.8. The molecule has 1 amide bonds. The second-order valence-corrected chi connectivity index (χ2v) is 12.2. The van der Waals surface area contributed by atoms with Crippen molar-refractivity contribution in [3.05, 3.63) is 53.4 Å². The summed E-state index contributed by atoms with van der Waals surface area (Å²) in [5, 5.41) is 10.4. The second kappa shape index (κ2) is 9.31. The maximum absolute atomic E-state index is 13.9. The van der Waals surface area contributed by atoms with E-state index in [0.717, 1.165) is 37.0 Å². The van der Waals surface area contributed by atoms with Crippen LogP contribution in [0.4, 0.5) is 0 Å². The number of piperidine rings is 1. The minimum atomic E-state index is -3.61. The zero-order chi connectivity index (χ0) is 24.0. The van der Waals surface area contributed by atoms with Crippen LogP contribution in [0.25, 0.3) is 0 Å². The van der Waals surface area contributed by atoms with Crippen LogP contribution in [0.2, 0.25) is 0 Å². The number of nitrogens with zero attached hydrogens (tertiary/aromatic N) is 3. The van der Waals surface area contributed by atoms with Crippen LogP contribution in [0.15, 0.2) is 40.9 Å². The highest BCUT2D eigenvalue weighted by Crippen LogP contribution is 2.41. The van der Waals surface area contributed by atoms with Gasteiger partial charge in [0.15, 0.2) is 5.69 Å². The molecular weight excluding hydrogens is 466 g/mol. The minimum Gasteiger partial charge on any atom is -0.360 e. The van der Waals surface area contributed by atoms with E-state index < -0.39 is 10.2 Å². The van der Waals surface area contributed by atoms with Crippen LogP contribution in [-0.2, 0) is 16.6 Å². The van der Waals surface area contributed by atoms with Crippen molar-refractivity contribution in [3.63, 3.8) is 0 Å². The molecule has 4 heterocycles. The fourth-order valence-corrected chi connectivity index (χ4v) is 8.30. The van der Waals surface area contributed by atoms with E-state index in [4.69, 9.17) is 4.52 Å². The van der Waals surface area contributed by atoms with E-state index >= 15 is 0 Å². The highest BCUT2D eigenvalue weighted by atomic mass is 32.2. The van der Waals surface area contributed by atoms with Crippen LogP contribution in [0, 0.1) is 0 Å². The molecule has 35 heavy (non-hydrogen) atoms. The van der Waals surface area contributed by atoms with Gasteiger partial charge in [-0.15, -0.1) is 0 Å². The Balaban J connectivity index is 1.13. The number of benzene rings is 1. The number of aromatic nitrogens is 1. The Morgan fingerprint density at radius 2 is 1.86 bits per heavy atom. The first-order chi connectivity index (χ1) is 17.0. The first-order valence-electron chi connectivity index (χ1n) is 12.8. The topological polar surface area (TPSA) is 108 Å². The van der Waals surface area contributed by atoms with Gasteiger partial charge in [-0.05, 0) is 50.5 Å². The highest BCUT2D eigenvalue weighted by molar-refractivity contribution is 7.86. The van der Waals surface area contributed by atoms with Crippen LogP contribution in [0.1, 0.15) is 66.3 Å². The lowest BCUT2D eigenvalue weighted by atomic mass is 9.99. The number of carbonyl (C=O) groups excluding carboxylic acids is 1. The molecule has 1 unspecified atom stereocenters. The Morgan fingerprint density at radius 1 is 1.11 bits per heavy atom. The summed E-state index contributed by atoms with van der Waals surface area (Å²) < 4.78 is 36.7. The van der Waals surface area contributed by atoms with Gasteiger partial charge in [0, 0.05) is 55.8 Å². The number of carbonyl (C=O) groups is 1. The molecule has 3 aliphatic heterocycles. The number of amides is 1. The Morgan fingerprint density at radius 3 is 2.57 bits per heavy atom. The predicted octanol–water partition coefficient (Wildman–Crippen LogP) is 2.04. The molecule has 2 N–H and O–H groups in total. The first kappa shape index (κ1) is 23.1. The molecule has 4 atom stereocenters. The Hall–Kier alpha value is -2.27. The molecule has 3 saturated heterocycles. The fourth-order valence-electron chi connectivity index (χ4n) is 6.07. The van der Waals surface area contributed by atoms with Gasteiger partial charge in [0.2, 0.25) is 0 Å². The van der Waals surface area contributed by atoms with Crippen molar-refractivity contribution in [2.45, 2.75) is 75.0 Å². The third kappa shape index (κ3) is 4.64. The number of hydrogen-bond acceptors (Lipinski definition) is 6. The van der Waals surface area contributed by atoms with Crippen LogP contribution >= 0.6 is 0 Å². The molecule has 10 heteroatoms. The van der Waals surface area contributed by atoms with E-state index in [0.29, 0.717) is 50.5 Å². The summed E-state index contributed by atoms with van der Waals surface area (Å²) in [5.41, 5.74) is 1.46. The van der Waals surface area contributed by atoms with E-state index in [1.807, 2.05) is 18.2 Å². The minimum absolute atomic E-state index is 0.0596. The number of rotatable bonds is 7. The van der Waals surface area contributed by atoms with Crippen molar-refractivity contribution >= 4 is 16.1 Å². The van der Waals surface area contributed by atoms with Crippen LogP contribution in [-0.4, -0.2) is 71.9 Å². The molecule has 1 aromatic carbocycles. The van der Waals surface area contributed by atoms with Crippen molar-refractivity contribution in [3.8, 4) is 0 Å². The average molecular weight is 500 g/mol. The smallest absolute Gasteiger partial charge is 0.282 e. The number of hydrogen-bond donors (Lipinski definition) is 2. The summed E-state index contributed by atoms with van der Waals surface area (Å²) in [6.45, 7) is 1.79. The molecule has 4 aliphatic rings. The third-order valence-corrected chi connectivity index (χ3v) is 10.1. The van der Waals surface area contributed by atoms with Crippen molar-refractivity contribution in [1.82, 2.24) is 24.4 Å². The van der Waals surface area contributed by atoms with Gasteiger partial charge >= 0.3 is 0 Å². The second-order valence-electron chi connectivity index (χ2n) is 10.4. The zero-order valence-electron chi connectivity index (χ0n) is 19.8. The largest absolute Gasteiger partial charge is 0.360 e. The molecule has 1 aromatic heterocycles. The zero-order valence-corrected chi connectivity index (χ0v) is 20.6. The lowest BCUT2D eigenvalue weighted by Gasteiger charge is -2.43. The van der Waals surface area contributed by atoms with E-state index in [1.165, 1.54) is 0 Å². The summed E-state index contributed by atoms with van der Waals surface area (Å²) in [6.07, 6.45) is 5.80.